The highest BCUT2D eigenvalue weighted by molar-refractivity contribution is 7.92. The zero-order chi connectivity index (χ0) is 23.7. The van der Waals surface area contributed by atoms with Crippen LogP contribution in [0.25, 0.3) is 10.8 Å². The maximum absolute atomic E-state index is 12.7. The van der Waals surface area contributed by atoms with Crippen LogP contribution in [0.4, 0.5) is 5.69 Å². The molecule has 0 saturated carbocycles. The third kappa shape index (κ3) is 7.35. The Labute approximate surface area is 178 Å². The first-order valence-corrected chi connectivity index (χ1v) is 14.1. The third-order valence-electron chi connectivity index (χ3n) is 3.78. The van der Waals surface area contributed by atoms with Gasteiger partial charge in [-0.15, -0.1) is 0 Å². The average Bonchev–Trinajstić information content (AvgIpc) is 2.57. The Kier molecular flexibility index (Phi) is 7.33. The SMILES string of the molecule is Nc1ccc2cc(S(=O)(=O)CCOS(=O)(=O)O)cc(S(=O)(=O)CCOS(=O)(=O)O)c2c1. The Bertz CT molecular complexity index is 1410. The van der Waals surface area contributed by atoms with Crippen molar-refractivity contribution in [3.8, 4) is 0 Å². The average molecular weight is 520 g/mol. The normalized spacial score (nSPS) is 13.5. The summed E-state index contributed by atoms with van der Waals surface area (Å²) in [5, 5.41) is 0.195. The summed E-state index contributed by atoms with van der Waals surface area (Å²) in [7, 11) is -18.4. The molecule has 0 unspecified atom stereocenters. The first kappa shape index (κ1) is 25.4. The van der Waals surface area contributed by atoms with Crippen molar-refractivity contribution in [1.29, 1.82) is 0 Å². The lowest BCUT2D eigenvalue weighted by molar-refractivity contribution is 0.282. The molecule has 0 fully saturated rings. The maximum Gasteiger partial charge on any atom is 0.397 e. The molecule has 0 heterocycles. The van der Waals surface area contributed by atoms with E-state index in [4.69, 9.17) is 14.8 Å². The fraction of sp³-hybridized carbons (Fsp3) is 0.286. The summed E-state index contributed by atoms with van der Waals surface area (Å²) in [5.74, 6) is -1.83. The minimum absolute atomic E-state index is 0.0417. The summed E-state index contributed by atoms with van der Waals surface area (Å²) in [5.41, 5.74) is 5.84. The molecular weight excluding hydrogens is 502 g/mol. The first-order chi connectivity index (χ1) is 14.0. The van der Waals surface area contributed by atoms with E-state index in [1.54, 1.807) is 0 Å². The number of nitrogens with two attached hydrogens (primary N) is 1. The van der Waals surface area contributed by atoms with Gasteiger partial charge in [0.1, 0.15) is 0 Å². The second-order valence-corrected chi connectivity index (χ2v) is 12.4. The molecule has 2 rings (SSSR count). The molecule has 0 radical (unpaired) electrons. The molecule has 0 spiro atoms. The van der Waals surface area contributed by atoms with E-state index in [-0.39, 0.29) is 16.5 Å². The van der Waals surface area contributed by atoms with Crippen LogP contribution in [0.3, 0.4) is 0 Å². The van der Waals surface area contributed by atoms with E-state index in [0.29, 0.717) is 0 Å². The second-order valence-electron chi connectivity index (χ2n) is 6.04. The molecule has 0 aromatic heterocycles. The van der Waals surface area contributed by atoms with E-state index < -0.39 is 75.0 Å². The van der Waals surface area contributed by atoms with E-state index in [2.05, 4.69) is 8.37 Å². The fourth-order valence-electron chi connectivity index (χ4n) is 2.48. The van der Waals surface area contributed by atoms with Gasteiger partial charge in [0.2, 0.25) is 0 Å². The van der Waals surface area contributed by atoms with Crippen LogP contribution in [0.5, 0.6) is 0 Å². The largest absolute Gasteiger partial charge is 0.399 e. The number of hydrogen-bond donors (Lipinski definition) is 3. The van der Waals surface area contributed by atoms with Crippen LogP contribution in [-0.2, 0) is 48.8 Å². The number of hydrogen-bond acceptors (Lipinski definition) is 11. The number of benzene rings is 2. The lowest BCUT2D eigenvalue weighted by Crippen LogP contribution is -2.18. The smallest absolute Gasteiger partial charge is 0.397 e. The van der Waals surface area contributed by atoms with Crippen molar-refractivity contribution in [2.45, 2.75) is 9.79 Å². The number of fused-ring (bicyclic) bond motifs is 1. The topological polar surface area (TPSA) is 221 Å². The highest BCUT2D eigenvalue weighted by atomic mass is 32.3. The summed E-state index contributed by atoms with van der Waals surface area (Å²) in [6.07, 6.45) is 0. The molecule has 0 aliphatic carbocycles. The molecular formula is C14H17NO12S4. The van der Waals surface area contributed by atoms with E-state index in [1.165, 1.54) is 18.2 Å². The van der Waals surface area contributed by atoms with Crippen molar-refractivity contribution in [1.82, 2.24) is 0 Å². The highest BCUT2D eigenvalue weighted by Gasteiger charge is 2.24. The molecule has 2 aromatic rings. The van der Waals surface area contributed by atoms with Gasteiger partial charge < -0.3 is 5.73 Å². The molecule has 2 aromatic carbocycles. The molecule has 31 heavy (non-hydrogen) atoms. The minimum Gasteiger partial charge on any atom is -0.399 e. The fourth-order valence-corrected chi connectivity index (χ4v) is 5.83. The molecule has 0 aliphatic rings. The van der Waals surface area contributed by atoms with E-state index in [0.717, 1.165) is 12.1 Å². The molecule has 0 amide bonds. The Balaban J connectivity index is 2.53. The van der Waals surface area contributed by atoms with Gasteiger partial charge in [0.25, 0.3) is 0 Å². The van der Waals surface area contributed by atoms with E-state index >= 15 is 0 Å². The molecule has 0 atom stereocenters. The van der Waals surface area contributed by atoms with Crippen LogP contribution < -0.4 is 5.73 Å². The third-order valence-corrected chi connectivity index (χ3v) is 8.08. The number of anilines is 1. The summed E-state index contributed by atoms with van der Waals surface area (Å²) >= 11 is 0. The molecule has 0 bridgehead atoms. The molecule has 0 saturated heterocycles. The van der Waals surface area contributed by atoms with Gasteiger partial charge in [-0.2, -0.15) is 16.8 Å². The Hall–Kier alpha value is -1.86. The summed E-state index contributed by atoms with van der Waals surface area (Å²) < 4.78 is 118. The van der Waals surface area contributed by atoms with Crippen molar-refractivity contribution < 1.29 is 51.1 Å². The lowest BCUT2D eigenvalue weighted by atomic mass is 10.1. The van der Waals surface area contributed by atoms with Gasteiger partial charge in [0.15, 0.2) is 19.7 Å². The van der Waals surface area contributed by atoms with Crippen molar-refractivity contribution in [3.05, 3.63) is 30.3 Å². The van der Waals surface area contributed by atoms with Gasteiger partial charge in [-0.1, -0.05) is 6.07 Å². The van der Waals surface area contributed by atoms with Gasteiger partial charge in [-0.05, 0) is 29.7 Å². The van der Waals surface area contributed by atoms with Crippen molar-refractivity contribution in [2.24, 2.45) is 0 Å². The standard InChI is InChI=1S/C14H17NO12S4/c15-11-2-1-10-7-12(28(16,17)5-3-26-30(20,21)22)9-14(13(10)8-11)29(18,19)6-4-27-31(23,24)25/h1-2,7-9H,3-6,15H2,(H,20,21,22)(H,23,24,25). The Morgan fingerprint density at radius 1 is 0.742 bits per heavy atom. The Morgan fingerprint density at radius 3 is 1.77 bits per heavy atom. The summed E-state index contributed by atoms with van der Waals surface area (Å²) in [4.78, 5) is -1.01. The van der Waals surface area contributed by atoms with Gasteiger partial charge in [0.05, 0.1) is 34.5 Å². The zero-order valence-electron chi connectivity index (χ0n) is 15.4. The van der Waals surface area contributed by atoms with Crippen LogP contribution in [0, 0.1) is 0 Å². The van der Waals surface area contributed by atoms with Gasteiger partial charge in [-0.3, -0.25) is 9.11 Å². The number of rotatable bonds is 10. The number of nitrogen functional groups attached to an aromatic ring is 1. The van der Waals surface area contributed by atoms with E-state index in [1.807, 2.05) is 0 Å². The second kappa shape index (κ2) is 8.94. The highest BCUT2D eigenvalue weighted by Crippen LogP contribution is 2.30. The van der Waals surface area contributed by atoms with Crippen LogP contribution >= 0.6 is 0 Å². The Morgan fingerprint density at radius 2 is 1.26 bits per heavy atom. The van der Waals surface area contributed by atoms with Crippen molar-refractivity contribution in [2.75, 3.05) is 30.5 Å². The van der Waals surface area contributed by atoms with Crippen LogP contribution in [0.2, 0.25) is 0 Å². The van der Waals surface area contributed by atoms with Gasteiger partial charge in [-0.25, -0.2) is 25.2 Å². The maximum atomic E-state index is 12.7. The first-order valence-electron chi connectivity index (χ1n) is 8.03. The van der Waals surface area contributed by atoms with Gasteiger partial charge >= 0.3 is 20.8 Å². The summed E-state index contributed by atoms with van der Waals surface area (Å²) in [6.45, 7) is -1.87. The lowest BCUT2D eigenvalue weighted by Gasteiger charge is -2.12. The molecule has 0 aliphatic heterocycles. The quantitative estimate of drug-likeness (QED) is 0.269. The van der Waals surface area contributed by atoms with Crippen molar-refractivity contribution >= 4 is 56.9 Å². The number of sulfone groups is 2. The predicted molar refractivity (Wildman–Crippen MR) is 107 cm³/mol. The zero-order valence-corrected chi connectivity index (χ0v) is 18.7. The van der Waals surface area contributed by atoms with Crippen molar-refractivity contribution in [3.63, 3.8) is 0 Å². The monoisotopic (exact) mass is 519 g/mol. The van der Waals surface area contributed by atoms with E-state index in [9.17, 15) is 33.7 Å². The molecule has 174 valence electrons. The molecule has 4 N–H and O–H groups in total. The van der Waals surface area contributed by atoms with Crippen LogP contribution in [0.1, 0.15) is 0 Å². The molecule has 17 heteroatoms. The predicted octanol–water partition coefficient (Wildman–Crippen LogP) is -0.392. The van der Waals surface area contributed by atoms with Crippen LogP contribution in [0.15, 0.2) is 40.1 Å². The minimum atomic E-state index is -4.90. The van der Waals surface area contributed by atoms with Gasteiger partial charge in [0, 0.05) is 11.1 Å². The molecule has 13 nitrogen and oxygen atoms in total. The summed E-state index contributed by atoms with van der Waals surface area (Å²) in [6, 6.07) is 5.94. The van der Waals surface area contributed by atoms with Crippen LogP contribution in [-0.4, -0.2) is 67.5 Å².